The molecule has 2 aromatic heterocycles. The summed E-state index contributed by atoms with van der Waals surface area (Å²) >= 11 is 23.0. The van der Waals surface area contributed by atoms with Gasteiger partial charge in [-0.3, -0.25) is 0 Å². The molecule has 0 spiro atoms. The van der Waals surface area contributed by atoms with Gasteiger partial charge in [-0.2, -0.15) is 29.9 Å². The first-order chi connectivity index (χ1) is 15.7. The molecule has 0 aliphatic heterocycles. The molecule has 0 atom stereocenters. The summed E-state index contributed by atoms with van der Waals surface area (Å²) in [5.41, 5.74) is 1.06. The lowest BCUT2D eigenvalue weighted by Crippen LogP contribution is -2.04. The Hall–Kier alpha value is -2.83. The van der Waals surface area contributed by atoms with Gasteiger partial charge in [-0.1, -0.05) is 0 Å². The van der Waals surface area contributed by atoms with Gasteiger partial charge in [0.2, 0.25) is 42.9 Å². The van der Waals surface area contributed by atoms with Crippen LogP contribution >= 0.6 is 46.4 Å². The fourth-order valence-electron chi connectivity index (χ4n) is 2.59. The number of nitrogens with one attached hydrogen (secondary N) is 2. The zero-order valence-electron chi connectivity index (χ0n) is 16.0. The molecule has 0 radical (unpaired) electrons. The van der Waals surface area contributed by atoms with Gasteiger partial charge in [0.15, 0.2) is 0 Å². The highest BCUT2D eigenvalue weighted by Crippen LogP contribution is 2.25. The Bertz CT molecular complexity index is 1280. The summed E-state index contributed by atoms with van der Waals surface area (Å²) in [7, 11) is -3.77. The van der Waals surface area contributed by atoms with E-state index in [2.05, 4.69) is 40.5 Å². The van der Waals surface area contributed by atoms with Gasteiger partial charge in [0.25, 0.3) is 0 Å². The molecule has 4 rings (SSSR count). The normalized spacial score (nSPS) is 11.3. The van der Waals surface area contributed by atoms with Gasteiger partial charge in [-0.25, -0.2) is 8.42 Å². The van der Waals surface area contributed by atoms with E-state index in [1.807, 2.05) is 0 Å². The lowest BCUT2D eigenvalue weighted by Gasteiger charge is -2.09. The Morgan fingerprint density at radius 2 is 0.818 bits per heavy atom. The zero-order valence-corrected chi connectivity index (χ0v) is 19.9. The molecule has 15 heteroatoms. The first-order valence-electron chi connectivity index (χ1n) is 8.82. The van der Waals surface area contributed by atoms with E-state index >= 15 is 0 Å². The van der Waals surface area contributed by atoms with Crippen LogP contribution in [0.2, 0.25) is 21.1 Å². The van der Waals surface area contributed by atoms with Crippen molar-refractivity contribution in [2.24, 2.45) is 0 Å². The third-order valence-electron chi connectivity index (χ3n) is 4.00. The minimum Gasteiger partial charge on any atom is -0.324 e. The largest absolute Gasteiger partial charge is 0.324 e. The average Bonchev–Trinajstić information content (AvgIpc) is 2.73. The summed E-state index contributed by atoms with van der Waals surface area (Å²) in [6, 6.07) is 12.0. The van der Waals surface area contributed by atoms with E-state index in [0.717, 1.165) is 0 Å². The van der Waals surface area contributed by atoms with Crippen molar-refractivity contribution in [3.8, 4) is 0 Å². The molecule has 0 saturated heterocycles. The van der Waals surface area contributed by atoms with E-state index in [1.165, 1.54) is 24.3 Å². The van der Waals surface area contributed by atoms with E-state index < -0.39 is 9.84 Å². The molecule has 168 valence electrons. The number of hydrogen-bond donors (Lipinski definition) is 2. The van der Waals surface area contributed by atoms with Gasteiger partial charge >= 0.3 is 0 Å². The Morgan fingerprint density at radius 3 is 1.12 bits per heavy atom. The van der Waals surface area contributed by atoms with E-state index in [1.54, 1.807) is 24.3 Å². The van der Waals surface area contributed by atoms with Crippen molar-refractivity contribution in [2.75, 3.05) is 10.6 Å². The number of hydrogen-bond acceptors (Lipinski definition) is 10. The molecule has 0 fully saturated rings. The summed E-state index contributed by atoms with van der Waals surface area (Å²) in [6.45, 7) is 0. The predicted octanol–water partition coefficient (Wildman–Crippen LogP) is 4.99. The molecule has 0 unspecified atom stereocenters. The Labute approximate surface area is 207 Å². The van der Waals surface area contributed by atoms with Crippen LogP contribution in [-0.4, -0.2) is 38.3 Å². The fourth-order valence-corrected chi connectivity index (χ4v) is 4.58. The molecular weight excluding hydrogens is 534 g/mol. The van der Waals surface area contributed by atoms with Crippen LogP contribution in [0.1, 0.15) is 0 Å². The van der Waals surface area contributed by atoms with Crippen LogP contribution in [0.15, 0.2) is 58.3 Å². The molecule has 0 aliphatic rings. The number of sulfone groups is 1. The third kappa shape index (κ3) is 5.75. The highest BCUT2D eigenvalue weighted by molar-refractivity contribution is 7.91. The van der Waals surface area contributed by atoms with Crippen LogP contribution in [0.25, 0.3) is 0 Å². The van der Waals surface area contributed by atoms with Crippen LogP contribution in [0, 0.1) is 0 Å². The number of benzene rings is 2. The second-order valence-corrected chi connectivity index (χ2v) is 9.50. The lowest BCUT2D eigenvalue weighted by molar-refractivity contribution is 0.596. The third-order valence-corrected chi connectivity index (χ3v) is 6.46. The van der Waals surface area contributed by atoms with Gasteiger partial charge in [-0.15, -0.1) is 0 Å². The monoisotopic (exact) mass is 542 g/mol. The maximum Gasteiger partial charge on any atom is 0.232 e. The average molecular weight is 544 g/mol. The van der Waals surface area contributed by atoms with Crippen LogP contribution in [0.3, 0.4) is 0 Å². The van der Waals surface area contributed by atoms with Crippen LogP contribution in [0.4, 0.5) is 23.3 Å². The van der Waals surface area contributed by atoms with Crippen molar-refractivity contribution in [1.82, 2.24) is 29.9 Å². The minimum atomic E-state index is -3.77. The zero-order chi connectivity index (χ0) is 23.6. The number of aromatic nitrogens is 6. The SMILES string of the molecule is O=S(=O)(c1ccc(Nc2nc(Cl)nc(Cl)n2)cc1)c1ccc(Nc2nc(Cl)nc(Cl)n2)cc1. The standard InChI is InChI=1S/C18H10Cl4N8O2S/c19-13-25-14(20)28-17(27-13)23-9-1-5-11(6-2-9)33(31,32)12-7-3-10(4-8-12)24-18-29-15(21)26-16(22)30-18/h1-8H,(H,23,25,27,28)(H,24,26,29,30). The number of rotatable bonds is 6. The van der Waals surface area contributed by atoms with Crippen molar-refractivity contribution in [3.63, 3.8) is 0 Å². The maximum absolute atomic E-state index is 13.0. The second kappa shape index (κ2) is 9.57. The highest BCUT2D eigenvalue weighted by atomic mass is 35.5. The van der Waals surface area contributed by atoms with Crippen LogP contribution in [0.5, 0.6) is 0 Å². The Balaban J connectivity index is 1.50. The smallest absolute Gasteiger partial charge is 0.232 e. The molecule has 0 aliphatic carbocycles. The molecule has 2 aromatic carbocycles. The molecule has 4 aromatic rings. The summed E-state index contributed by atoms with van der Waals surface area (Å²) in [5.74, 6) is 0.249. The Kier molecular flexibility index (Phi) is 6.77. The van der Waals surface area contributed by atoms with Crippen molar-refractivity contribution in [2.45, 2.75) is 9.79 Å². The van der Waals surface area contributed by atoms with Gasteiger partial charge in [0, 0.05) is 11.4 Å². The summed E-state index contributed by atoms with van der Waals surface area (Å²) in [6.07, 6.45) is 0. The van der Waals surface area contributed by atoms with E-state index in [-0.39, 0.29) is 42.8 Å². The predicted molar refractivity (Wildman–Crippen MR) is 125 cm³/mol. The van der Waals surface area contributed by atoms with E-state index in [9.17, 15) is 8.42 Å². The van der Waals surface area contributed by atoms with Crippen LogP contribution < -0.4 is 10.6 Å². The number of anilines is 4. The van der Waals surface area contributed by atoms with Crippen molar-refractivity contribution < 1.29 is 8.42 Å². The molecule has 2 heterocycles. The topological polar surface area (TPSA) is 136 Å². The van der Waals surface area contributed by atoms with Gasteiger partial charge < -0.3 is 10.6 Å². The molecule has 10 nitrogen and oxygen atoms in total. The van der Waals surface area contributed by atoms with Gasteiger partial charge in [0.1, 0.15) is 0 Å². The molecule has 2 N–H and O–H groups in total. The molecule has 0 saturated carbocycles. The van der Waals surface area contributed by atoms with Crippen molar-refractivity contribution in [3.05, 3.63) is 69.7 Å². The summed E-state index contributed by atoms with van der Waals surface area (Å²) < 4.78 is 26.0. The first-order valence-corrected chi connectivity index (χ1v) is 11.8. The second-order valence-electron chi connectivity index (χ2n) is 6.20. The molecule has 0 amide bonds. The van der Waals surface area contributed by atoms with Gasteiger partial charge in [-0.05, 0) is 94.9 Å². The molecule has 0 bridgehead atoms. The summed E-state index contributed by atoms with van der Waals surface area (Å²) in [5, 5.41) is 5.46. The quantitative estimate of drug-likeness (QED) is 0.342. The summed E-state index contributed by atoms with van der Waals surface area (Å²) in [4.78, 5) is 23.1. The molecule has 33 heavy (non-hydrogen) atoms. The lowest BCUT2D eigenvalue weighted by atomic mass is 10.3. The Morgan fingerprint density at radius 1 is 0.515 bits per heavy atom. The van der Waals surface area contributed by atoms with E-state index in [0.29, 0.717) is 11.4 Å². The van der Waals surface area contributed by atoms with Crippen LogP contribution in [-0.2, 0) is 9.84 Å². The number of nitrogens with zero attached hydrogens (tertiary/aromatic N) is 6. The number of halogens is 4. The first kappa shape index (κ1) is 23.3. The van der Waals surface area contributed by atoms with Crippen molar-refractivity contribution in [1.29, 1.82) is 0 Å². The molecular formula is C18H10Cl4N8O2S. The maximum atomic E-state index is 13.0. The van der Waals surface area contributed by atoms with Crippen molar-refractivity contribution >= 4 is 79.5 Å². The van der Waals surface area contributed by atoms with Gasteiger partial charge in [0.05, 0.1) is 9.79 Å². The fraction of sp³-hybridized carbons (Fsp3) is 0. The van der Waals surface area contributed by atoms with E-state index in [4.69, 9.17) is 46.4 Å². The highest BCUT2D eigenvalue weighted by Gasteiger charge is 2.18. The minimum absolute atomic E-state index is 0.0728.